The lowest BCUT2D eigenvalue weighted by Gasteiger charge is -2.27. The van der Waals surface area contributed by atoms with E-state index in [0.29, 0.717) is 17.7 Å². The average Bonchev–Trinajstić information content (AvgIpc) is 2.71. The molecular weight excluding hydrogens is 426 g/mol. The Labute approximate surface area is 189 Å². The molecule has 8 heteroatoms. The largest absolute Gasteiger partial charge is 0.302 e. The van der Waals surface area contributed by atoms with Crippen molar-refractivity contribution < 1.29 is 18.0 Å². The van der Waals surface area contributed by atoms with Gasteiger partial charge < -0.3 is 5.43 Å². The molecule has 1 amide bonds. The molecule has 0 fully saturated rings. The topological polar surface area (TPSA) is 95.6 Å². The monoisotopic (exact) mass is 455 g/mol. The molecule has 0 aromatic heterocycles. The Morgan fingerprint density at radius 3 is 2.28 bits per heavy atom. The van der Waals surface area contributed by atoms with Crippen LogP contribution in [0.1, 0.15) is 48.2 Å². The van der Waals surface area contributed by atoms with Gasteiger partial charge in [-0.2, -0.15) is 4.31 Å². The Morgan fingerprint density at radius 1 is 1.06 bits per heavy atom. The number of carbonyl (C=O) groups is 2. The number of nitrogens with one attached hydrogen (secondary N) is 2. The highest BCUT2D eigenvalue weighted by molar-refractivity contribution is 7.89. The van der Waals surface area contributed by atoms with Crippen molar-refractivity contribution in [3.63, 3.8) is 0 Å². The second-order valence-corrected chi connectivity index (χ2v) is 10.9. The molecule has 170 valence electrons. The van der Waals surface area contributed by atoms with Crippen LogP contribution in [0.2, 0.25) is 0 Å². The van der Waals surface area contributed by atoms with Crippen LogP contribution in [-0.4, -0.2) is 31.5 Å². The van der Waals surface area contributed by atoms with E-state index >= 15 is 0 Å². The zero-order valence-electron chi connectivity index (χ0n) is 18.8. The van der Waals surface area contributed by atoms with Gasteiger partial charge in [-0.05, 0) is 42.2 Å². The third-order valence-corrected chi connectivity index (χ3v) is 7.11. The lowest BCUT2D eigenvalue weighted by molar-refractivity contribution is -0.120. The SMILES string of the molecule is Cc1ccc(S(=O)(=O)N(C)Cc2ccc(C(=O)NNC3=CC(C)(C)CC(=O)C3)cc2)cc1. The van der Waals surface area contributed by atoms with Crippen LogP contribution >= 0.6 is 0 Å². The molecule has 0 spiro atoms. The summed E-state index contributed by atoms with van der Waals surface area (Å²) in [5.41, 5.74) is 8.08. The fraction of sp³-hybridized carbons (Fsp3) is 0.333. The molecule has 0 bridgehead atoms. The highest BCUT2D eigenvalue weighted by atomic mass is 32.2. The van der Waals surface area contributed by atoms with E-state index in [1.165, 1.54) is 11.4 Å². The quantitative estimate of drug-likeness (QED) is 0.625. The summed E-state index contributed by atoms with van der Waals surface area (Å²) in [5, 5.41) is 0. The lowest BCUT2D eigenvalue weighted by Crippen LogP contribution is -2.39. The Bertz CT molecular complexity index is 1130. The number of hydrogen-bond donors (Lipinski definition) is 2. The van der Waals surface area contributed by atoms with Crippen LogP contribution < -0.4 is 10.9 Å². The molecule has 0 unspecified atom stereocenters. The minimum Gasteiger partial charge on any atom is -0.302 e. The van der Waals surface area contributed by atoms with Crippen LogP contribution in [0.5, 0.6) is 0 Å². The smallest absolute Gasteiger partial charge is 0.269 e. The number of benzene rings is 2. The van der Waals surface area contributed by atoms with E-state index in [2.05, 4.69) is 10.9 Å². The second kappa shape index (κ2) is 9.26. The maximum Gasteiger partial charge on any atom is 0.269 e. The molecular formula is C24H29N3O4S. The first-order valence-electron chi connectivity index (χ1n) is 10.4. The maximum atomic E-state index is 12.8. The maximum absolute atomic E-state index is 12.8. The molecule has 3 rings (SSSR count). The van der Waals surface area contributed by atoms with Gasteiger partial charge in [0.2, 0.25) is 10.0 Å². The number of aryl methyl sites for hydroxylation is 1. The summed E-state index contributed by atoms with van der Waals surface area (Å²) in [6.07, 6.45) is 2.72. The van der Waals surface area contributed by atoms with Crippen LogP contribution in [0.4, 0.5) is 0 Å². The number of hydrazine groups is 1. The van der Waals surface area contributed by atoms with E-state index in [-0.39, 0.29) is 35.0 Å². The summed E-state index contributed by atoms with van der Waals surface area (Å²) in [5.74, 6) is -0.211. The lowest BCUT2D eigenvalue weighted by atomic mass is 9.81. The molecule has 0 radical (unpaired) electrons. The third-order valence-electron chi connectivity index (χ3n) is 5.29. The first-order chi connectivity index (χ1) is 15.0. The summed E-state index contributed by atoms with van der Waals surface area (Å²) < 4.78 is 26.8. The number of allylic oxidation sites excluding steroid dienone is 2. The normalized spacial score (nSPS) is 15.9. The summed E-state index contributed by atoms with van der Waals surface area (Å²) >= 11 is 0. The molecule has 0 atom stereocenters. The van der Waals surface area contributed by atoms with E-state index in [1.54, 1.807) is 48.5 Å². The predicted octanol–water partition coefficient (Wildman–Crippen LogP) is 3.32. The molecule has 1 aliphatic rings. The fourth-order valence-electron chi connectivity index (χ4n) is 3.64. The molecule has 1 aliphatic carbocycles. The van der Waals surface area contributed by atoms with Gasteiger partial charge in [-0.15, -0.1) is 0 Å². The van der Waals surface area contributed by atoms with E-state index in [1.807, 2.05) is 26.8 Å². The van der Waals surface area contributed by atoms with Gasteiger partial charge in [0.1, 0.15) is 5.78 Å². The first kappa shape index (κ1) is 23.7. The van der Waals surface area contributed by atoms with E-state index < -0.39 is 10.0 Å². The van der Waals surface area contributed by atoms with Gasteiger partial charge in [-0.1, -0.05) is 49.8 Å². The minimum atomic E-state index is -3.61. The number of hydrogen-bond acceptors (Lipinski definition) is 5. The zero-order chi connectivity index (χ0) is 23.5. The molecule has 2 aromatic carbocycles. The molecule has 7 nitrogen and oxygen atoms in total. The Balaban J connectivity index is 1.61. The molecule has 0 saturated carbocycles. The summed E-state index contributed by atoms with van der Waals surface area (Å²) in [6, 6.07) is 13.5. The van der Waals surface area contributed by atoms with Crippen molar-refractivity contribution in [2.24, 2.45) is 5.41 Å². The van der Waals surface area contributed by atoms with Crippen molar-refractivity contribution >= 4 is 21.7 Å². The number of rotatable bonds is 7. The highest BCUT2D eigenvalue weighted by Gasteiger charge is 2.26. The van der Waals surface area contributed by atoms with Crippen molar-refractivity contribution in [2.45, 2.75) is 45.1 Å². The Hall–Kier alpha value is -2.97. The number of Topliss-reactive ketones (excluding diaryl/α,β-unsaturated/α-hetero) is 1. The number of sulfonamides is 1. The van der Waals surface area contributed by atoms with Gasteiger partial charge in [0.15, 0.2) is 0 Å². The second-order valence-electron chi connectivity index (χ2n) is 8.90. The Morgan fingerprint density at radius 2 is 1.69 bits per heavy atom. The van der Waals surface area contributed by atoms with Gasteiger partial charge in [0, 0.05) is 37.7 Å². The molecule has 0 heterocycles. The van der Waals surface area contributed by atoms with E-state index in [4.69, 9.17) is 0 Å². The molecule has 2 aromatic rings. The van der Waals surface area contributed by atoms with Crippen LogP contribution in [-0.2, 0) is 21.4 Å². The number of amides is 1. The Kier molecular flexibility index (Phi) is 6.85. The van der Waals surface area contributed by atoms with Crippen LogP contribution in [0.25, 0.3) is 0 Å². The third kappa shape index (κ3) is 5.83. The van der Waals surface area contributed by atoms with Gasteiger partial charge >= 0.3 is 0 Å². The van der Waals surface area contributed by atoms with Gasteiger partial charge in [0.25, 0.3) is 5.91 Å². The number of nitrogens with zero attached hydrogens (tertiary/aromatic N) is 1. The molecule has 32 heavy (non-hydrogen) atoms. The van der Waals surface area contributed by atoms with Crippen LogP contribution in [0.3, 0.4) is 0 Å². The minimum absolute atomic E-state index is 0.128. The van der Waals surface area contributed by atoms with Gasteiger partial charge in [-0.3, -0.25) is 15.0 Å². The van der Waals surface area contributed by atoms with Crippen LogP contribution in [0, 0.1) is 12.3 Å². The van der Waals surface area contributed by atoms with Crippen LogP contribution in [0.15, 0.2) is 65.2 Å². The van der Waals surface area contributed by atoms with Crippen molar-refractivity contribution in [3.8, 4) is 0 Å². The van der Waals surface area contributed by atoms with Crippen molar-refractivity contribution in [3.05, 3.63) is 77.0 Å². The number of carbonyl (C=O) groups excluding carboxylic acids is 2. The van der Waals surface area contributed by atoms with Crippen molar-refractivity contribution in [1.82, 2.24) is 15.2 Å². The van der Waals surface area contributed by atoms with Crippen molar-refractivity contribution in [2.75, 3.05) is 7.05 Å². The van der Waals surface area contributed by atoms with Crippen molar-refractivity contribution in [1.29, 1.82) is 0 Å². The standard InChI is InChI=1S/C24H29N3O4S/c1-17-5-11-22(12-6-17)32(30,31)27(4)16-18-7-9-19(10-8-18)23(29)26-25-20-13-21(28)15-24(2,3)14-20/h5-12,14,25H,13,15-16H2,1-4H3,(H,26,29). The summed E-state index contributed by atoms with van der Waals surface area (Å²) in [7, 11) is -2.08. The molecule has 0 saturated heterocycles. The zero-order valence-corrected chi connectivity index (χ0v) is 19.6. The van der Waals surface area contributed by atoms with E-state index in [0.717, 1.165) is 11.1 Å². The van der Waals surface area contributed by atoms with E-state index in [9.17, 15) is 18.0 Å². The molecule has 0 aliphatic heterocycles. The fourth-order valence-corrected chi connectivity index (χ4v) is 4.80. The number of ketones is 1. The first-order valence-corrected chi connectivity index (χ1v) is 11.8. The average molecular weight is 456 g/mol. The summed E-state index contributed by atoms with van der Waals surface area (Å²) in [4.78, 5) is 24.6. The highest BCUT2D eigenvalue weighted by Crippen LogP contribution is 2.29. The molecule has 2 N–H and O–H groups in total. The summed E-state index contributed by atoms with van der Waals surface area (Å²) in [6.45, 7) is 6.03. The van der Waals surface area contributed by atoms with Gasteiger partial charge in [0.05, 0.1) is 4.90 Å². The predicted molar refractivity (Wildman–Crippen MR) is 123 cm³/mol. The van der Waals surface area contributed by atoms with Gasteiger partial charge in [-0.25, -0.2) is 8.42 Å².